The van der Waals surface area contributed by atoms with Crippen molar-refractivity contribution >= 4 is 11.6 Å². The Morgan fingerprint density at radius 1 is 1.29 bits per heavy atom. The van der Waals surface area contributed by atoms with Gasteiger partial charge in [-0.2, -0.15) is 0 Å². The van der Waals surface area contributed by atoms with Crippen molar-refractivity contribution < 1.29 is 4.79 Å². The summed E-state index contributed by atoms with van der Waals surface area (Å²) in [5.74, 6) is 4.34. The fraction of sp³-hybridized carbons (Fsp3) is 0.182. The molecule has 1 rings (SSSR count). The SMILES string of the molecule is CN(C)c1ccc(C#CC(N)=O)cc1. The third-order valence-corrected chi connectivity index (χ3v) is 1.71. The van der Waals surface area contributed by atoms with Gasteiger partial charge in [-0.05, 0) is 30.2 Å². The third kappa shape index (κ3) is 2.83. The van der Waals surface area contributed by atoms with Crippen LogP contribution in [-0.4, -0.2) is 20.0 Å². The van der Waals surface area contributed by atoms with Gasteiger partial charge in [0.05, 0.1) is 0 Å². The summed E-state index contributed by atoms with van der Waals surface area (Å²) in [6.07, 6.45) is 0. The molecule has 1 aromatic carbocycles. The van der Waals surface area contributed by atoms with E-state index < -0.39 is 5.91 Å². The zero-order valence-electron chi connectivity index (χ0n) is 8.24. The second-order valence-electron chi connectivity index (χ2n) is 3.06. The van der Waals surface area contributed by atoms with Crippen molar-refractivity contribution in [2.24, 2.45) is 5.73 Å². The Kier molecular flexibility index (Phi) is 3.14. The van der Waals surface area contributed by atoms with Crippen LogP contribution >= 0.6 is 0 Å². The van der Waals surface area contributed by atoms with Gasteiger partial charge < -0.3 is 10.6 Å². The number of hydrogen-bond donors (Lipinski definition) is 1. The van der Waals surface area contributed by atoms with Crippen LogP contribution in [0.2, 0.25) is 0 Å². The molecule has 0 fully saturated rings. The average molecular weight is 188 g/mol. The molecule has 1 aromatic rings. The summed E-state index contributed by atoms with van der Waals surface area (Å²) in [5.41, 5.74) is 6.78. The molecule has 14 heavy (non-hydrogen) atoms. The van der Waals surface area contributed by atoms with Crippen LogP contribution in [0.4, 0.5) is 5.69 Å². The van der Waals surface area contributed by atoms with E-state index in [1.165, 1.54) is 0 Å². The Hall–Kier alpha value is -1.95. The molecule has 0 saturated heterocycles. The molecule has 3 heteroatoms. The largest absolute Gasteiger partial charge is 0.378 e. The van der Waals surface area contributed by atoms with Gasteiger partial charge in [-0.3, -0.25) is 4.79 Å². The molecule has 0 atom stereocenters. The number of rotatable bonds is 1. The fourth-order valence-electron chi connectivity index (χ4n) is 0.977. The molecule has 0 aliphatic heterocycles. The van der Waals surface area contributed by atoms with Gasteiger partial charge >= 0.3 is 0 Å². The molecule has 1 amide bonds. The predicted octanol–water partition coefficient (Wildman–Crippen LogP) is 0.589. The van der Waals surface area contributed by atoms with Crippen molar-refractivity contribution in [2.45, 2.75) is 0 Å². The van der Waals surface area contributed by atoms with Gasteiger partial charge in [-0.25, -0.2) is 0 Å². The first-order chi connectivity index (χ1) is 6.59. The molecule has 2 N–H and O–H groups in total. The lowest BCUT2D eigenvalue weighted by atomic mass is 10.2. The number of nitrogens with zero attached hydrogens (tertiary/aromatic N) is 1. The molecule has 0 unspecified atom stereocenters. The minimum atomic E-state index is -0.610. The highest BCUT2D eigenvalue weighted by Crippen LogP contribution is 2.11. The van der Waals surface area contributed by atoms with E-state index in [4.69, 9.17) is 5.73 Å². The predicted molar refractivity (Wildman–Crippen MR) is 56.8 cm³/mol. The molecule has 0 bridgehead atoms. The smallest absolute Gasteiger partial charge is 0.293 e. The summed E-state index contributed by atoms with van der Waals surface area (Å²) in [5, 5.41) is 0. The maximum atomic E-state index is 10.4. The quantitative estimate of drug-likeness (QED) is 0.656. The monoisotopic (exact) mass is 188 g/mol. The van der Waals surface area contributed by atoms with Crippen molar-refractivity contribution in [1.29, 1.82) is 0 Å². The Bertz CT molecular complexity index is 382. The second kappa shape index (κ2) is 4.33. The summed E-state index contributed by atoms with van der Waals surface area (Å²) >= 11 is 0. The Labute approximate surface area is 83.5 Å². The first-order valence-corrected chi connectivity index (χ1v) is 4.18. The Morgan fingerprint density at radius 2 is 1.86 bits per heavy atom. The van der Waals surface area contributed by atoms with E-state index in [1.54, 1.807) is 0 Å². The van der Waals surface area contributed by atoms with Crippen LogP contribution in [0.15, 0.2) is 24.3 Å². The molecule has 0 saturated carbocycles. The molecule has 72 valence electrons. The molecule has 0 spiro atoms. The van der Waals surface area contributed by atoms with Gasteiger partial charge in [0.2, 0.25) is 0 Å². The van der Waals surface area contributed by atoms with Gasteiger partial charge in [-0.15, -0.1) is 0 Å². The van der Waals surface area contributed by atoms with E-state index >= 15 is 0 Å². The molecule has 0 aromatic heterocycles. The van der Waals surface area contributed by atoms with Crippen LogP contribution in [0.3, 0.4) is 0 Å². The minimum Gasteiger partial charge on any atom is -0.378 e. The van der Waals surface area contributed by atoms with E-state index in [9.17, 15) is 4.79 Å². The van der Waals surface area contributed by atoms with E-state index in [1.807, 2.05) is 43.3 Å². The van der Waals surface area contributed by atoms with E-state index in [0.29, 0.717) is 0 Å². The van der Waals surface area contributed by atoms with Crippen molar-refractivity contribution in [2.75, 3.05) is 19.0 Å². The van der Waals surface area contributed by atoms with Crippen LogP contribution in [0.5, 0.6) is 0 Å². The second-order valence-corrected chi connectivity index (χ2v) is 3.06. The highest BCUT2D eigenvalue weighted by atomic mass is 16.1. The molecule has 0 heterocycles. The maximum Gasteiger partial charge on any atom is 0.293 e. The van der Waals surface area contributed by atoms with Crippen LogP contribution < -0.4 is 10.6 Å². The summed E-state index contributed by atoms with van der Waals surface area (Å²) < 4.78 is 0. The summed E-state index contributed by atoms with van der Waals surface area (Å²) in [7, 11) is 3.92. The number of hydrogen-bond acceptors (Lipinski definition) is 2. The van der Waals surface area contributed by atoms with E-state index in [-0.39, 0.29) is 0 Å². The highest BCUT2D eigenvalue weighted by molar-refractivity contribution is 5.92. The van der Waals surface area contributed by atoms with E-state index in [2.05, 4.69) is 11.8 Å². The summed E-state index contributed by atoms with van der Waals surface area (Å²) in [6, 6.07) is 7.58. The number of primary amides is 1. The highest BCUT2D eigenvalue weighted by Gasteiger charge is 1.93. The van der Waals surface area contributed by atoms with Crippen LogP contribution in [0, 0.1) is 11.8 Å². The standard InChI is InChI=1S/C11H12N2O/c1-13(2)10-6-3-9(4-7-10)5-8-11(12)14/h3-4,6-7H,1-2H3,(H2,12,14). The zero-order chi connectivity index (χ0) is 10.6. The summed E-state index contributed by atoms with van der Waals surface area (Å²) in [4.78, 5) is 12.4. The molecule has 0 radical (unpaired) electrons. The topological polar surface area (TPSA) is 46.3 Å². The number of anilines is 1. The number of carbonyl (C=O) groups excluding carboxylic acids is 1. The molecular formula is C11H12N2O. The molecule has 3 nitrogen and oxygen atoms in total. The van der Waals surface area contributed by atoms with Crippen LogP contribution in [0.25, 0.3) is 0 Å². The first kappa shape index (κ1) is 10.1. The van der Waals surface area contributed by atoms with Gasteiger partial charge in [0, 0.05) is 25.3 Å². The minimum absolute atomic E-state index is 0.610. The van der Waals surface area contributed by atoms with E-state index in [0.717, 1.165) is 11.3 Å². The summed E-state index contributed by atoms with van der Waals surface area (Å²) in [6.45, 7) is 0. The number of amides is 1. The Balaban J connectivity index is 2.85. The number of benzene rings is 1. The van der Waals surface area contributed by atoms with Crippen molar-refractivity contribution in [1.82, 2.24) is 0 Å². The van der Waals surface area contributed by atoms with Gasteiger partial charge in [0.1, 0.15) is 0 Å². The number of carbonyl (C=O) groups is 1. The maximum absolute atomic E-state index is 10.4. The van der Waals surface area contributed by atoms with Crippen molar-refractivity contribution in [3.8, 4) is 11.8 Å². The van der Waals surface area contributed by atoms with Crippen LogP contribution in [-0.2, 0) is 4.79 Å². The lowest BCUT2D eigenvalue weighted by molar-refractivity contribution is -0.112. The van der Waals surface area contributed by atoms with Gasteiger partial charge in [0.25, 0.3) is 5.91 Å². The normalized spacial score (nSPS) is 8.71. The zero-order valence-corrected chi connectivity index (χ0v) is 8.24. The van der Waals surface area contributed by atoms with Crippen molar-refractivity contribution in [3.63, 3.8) is 0 Å². The Morgan fingerprint density at radius 3 is 2.29 bits per heavy atom. The molecule has 0 aliphatic carbocycles. The lowest BCUT2D eigenvalue weighted by Crippen LogP contribution is -2.08. The fourth-order valence-corrected chi connectivity index (χ4v) is 0.977. The molecule has 0 aliphatic rings. The average Bonchev–Trinajstić information content (AvgIpc) is 2.15. The van der Waals surface area contributed by atoms with Gasteiger partial charge in [-0.1, -0.05) is 5.92 Å². The number of nitrogens with two attached hydrogens (primary N) is 1. The van der Waals surface area contributed by atoms with Gasteiger partial charge in [0.15, 0.2) is 0 Å². The van der Waals surface area contributed by atoms with Crippen LogP contribution in [0.1, 0.15) is 5.56 Å². The third-order valence-electron chi connectivity index (χ3n) is 1.71. The first-order valence-electron chi connectivity index (χ1n) is 4.18. The molecular weight excluding hydrogens is 176 g/mol. The van der Waals surface area contributed by atoms with Crippen molar-refractivity contribution in [3.05, 3.63) is 29.8 Å². The lowest BCUT2D eigenvalue weighted by Gasteiger charge is -2.11.